The summed E-state index contributed by atoms with van der Waals surface area (Å²) >= 11 is 1.61. The average molecular weight is 225 g/mol. The molecule has 0 aliphatic carbocycles. The minimum absolute atomic E-state index is 0.197. The van der Waals surface area contributed by atoms with Gasteiger partial charge in [0, 0.05) is 17.3 Å². The van der Waals surface area contributed by atoms with Crippen LogP contribution in [0.15, 0.2) is 21.7 Å². The van der Waals surface area contributed by atoms with E-state index in [-0.39, 0.29) is 6.61 Å². The van der Waals surface area contributed by atoms with Crippen molar-refractivity contribution >= 4 is 28.5 Å². The molecule has 0 fully saturated rings. The van der Waals surface area contributed by atoms with Crippen molar-refractivity contribution < 1.29 is 9.74 Å². The topological polar surface area (TPSA) is 85.2 Å². The van der Waals surface area contributed by atoms with Crippen LogP contribution in [0.5, 0.6) is 0 Å². The monoisotopic (exact) mass is 225 g/mol. The van der Waals surface area contributed by atoms with Crippen molar-refractivity contribution in [1.82, 2.24) is 10.3 Å². The molecule has 0 aliphatic rings. The summed E-state index contributed by atoms with van der Waals surface area (Å²) in [6.45, 7) is 0.197. The van der Waals surface area contributed by atoms with Crippen LogP contribution >= 0.6 is 11.8 Å². The summed E-state index contributed by atoms with van der Waals surface area (Å²) in [4.78, 5) is 0.980. The van der Waals surface area contributed by atoms with E-state index in [4.69, 9.17) is 10.8 Å². The molecule has 0 bridgehead atoms. The van der Waals surface area contributed by atoms with Gasteiger partial charge in [-0.15, -0.1) is 11.8 Å². The Morgan fingerprint density at radius 3 is 2.93 bits per heavy atom. The lowest BCUT2D eigenvalue weighted by Crippen LogP contribution is -1.89. The molecule has 0 unspecified atom stereocenters. The molecule has 1 aromatic heterocycles. The highest BCUT2D eigenvalue weighted by atomic mass is 32.2. The lowest BCUT2D eigenvalue weighted by atomic mass is 10.3. The lowest BCUT2D eigenvalue weighted by molar-refractivity contribution is 0.296. The fourth-order valence-corrected chi connectivity index (χ4v) is 2.15. The van der Waals surface area contributed by atoms with Crippen molar-refractivity contribution in [2.75, 3.05) is 18.1 Å². The van der Waals surface area contributed by atoms with Crippen molar-refractivity contribution in [1.29, 1.82) is 0 Å². The molecule has 0 saturated carbocycles. The zero-order chi connectivity index (χ0) is 10.7. The first kappa shape index (κ1) is 10.3. The number of fused-ring (bicyclic) bond motifs is 1. The Hall–Kier alpha value is -1.27. The molecule has 0 radical (unpaired) electrons. The van der Waals surface area contributed by atoms with Gasteiger partial charge in [-0.25, -0.2) is 4.63 Å². The first-order valence-electron chi connectivity index (χ1n) is 4.57. The normalized spacial score (nSPS) is 11.0. The molecule has 0 aliphatic heterocycles. The molecule has 1 aromatic carbocycles. The molecule has 1 heterocycles. The van der Waals surface area contributed by atoms with Crippen LogP contribution < -0.4 is 5.73 Å². The van der Waals surface area contributed by atoms with E-state index in [0.29, 0.717) is 16.7 Å². The molecule has 6 heteroatoms. The third-order valence-corrected chi connectivity index (χ3v) is 3.10. The molecule has 80 valence electrons. The van der Waals surface area contributed by atoms with Gasteiger partial charge in [0.15, 0.2) is 11.0 Å². The number of aromatic nitrogens is 2. The van der Waals surface area contributed by atoms with Gasteiger partial charge in [0.2, 0.25) is 0 Å². The van der Waals surface area contributed by atoms with Gasteiger partial charge in [0.05, 0.1) is 5.69 Å². The Kier molecular flexibility index (Phi) is 3.08. The number of thioether (sulfide) groups is 1. The van der Waals surface area contributed by atoms with Gasteiger partial charge in [-0.3, -0.25) is 0 Å². The molecular formula is C9H11N3O2S. The van der Waals surface area contributed by atoms with Crippen LogP contribution in [0.25, 0.3) is 11.0 Å². The second-order valence-electron chi connectivity index (χ2n) is 3.04. The summed E-state index contributed by atoms with van der Waals surface area (Å²) < 4.78 is 4.65. The Bertz CT molecular complexity index is 458. The Morgan fingerprint density at radius 2 is 2.13 bits per heavy atom. The quantitative estimate of drug-likeness (QED) is 0.463. The first-order valence-corrected chi connectivity index (χ1v) is 5.56. The smallest absolute Gasteiger partial charge is 0.159 e. The van der Waals surface area contributed by atoms with E-state index in [0.717, 1.165) is 17.1 Å². The van der Waals surface area contributed by atoms with E-state index >= 15 is 0 Å². The van der Waals surface area contributed by atoms with Crippen LogP contribution in [0.1, 0.15) is 6.42 Å². The van der Waals surface area contributed by atoms with E-state index in [1.165, 1.54) is 0 Å². The number of hydrogen-bond donors (Lipinski definition) is 2. The van der Waals surface area contributed by atoms with Crippen LogP contribution in [0.4, 0.5) is 5.69 Å². The third kappa shape index (κ3) is 2.05. The molecule has 2 aromatic rings. The zero-order valence-electron chi connectivity index (χ0n) is 8.01. The zero-order valence-corrected chi connectivity index (χ0v) is 8.83. The summed E-state index contributed by atoms with van der Waals surface area (Å²) in [6.07, 6.45) is 0.752. The van der Waals surface area contributed by atoms with Crippen molar-refractivity contribution in [2.24, 2.45) is 0 Å². The largest absolute Gasteiger partial charge is 0.397 e. The summed E-state index contributed by atoms with van der Waals surface area (Å²) in [5, 5.41) is 16.2. The molecular weight excluding hydrogens is 214 g/mol. The predicted octanol–water partition coefficient (Wildman–Crippen LogP) is 1.28. The number of nitrogens with zero attached hydrogens (tertiary/aromatic N) is 2. The first-order chi connectivity index (χ1) is 7.33. The second kappa shape index (κ2) is 4.50. The van der Waals surface area contributed by atoms with Gasteiger partial charge in [0.25, 0.3) is 0 Å². The minimum Gasteiger partial charge on any atom is -0.397 e. The maximum absolute atomic E-state index is 8.68. The van der Waals surface area contributed by atoms with Gasteiger partial charge in [-0.2, -0.15) is 0 Å². The maximum Gasteiger partial charge on any atom is 0.159 e. The number of rotatable bonds is 4. The average Bonchev–Trinajstić information content (AvgIpc) is 2.71. The van der Waals surface area contributed by atoms with E-state index in [1.807, 2.05) is 6.07 Å². The number of anilines is 1. The van der Waals surface area contributed by atoms with E-state index in [9.17, 15) is 0 Å². The number of nitrogens with two attached hydrogens (primary N) is 1. The van der Waals surface area contributed by atoms with Crippen molar-refractivity contribution in [3.05, 3.63) is 12.1 Å². The highest BCUT2D eigenvalue weighted by molar-refractivity contribution is 7.99. The van der Waals surface area contributed by atoms with Crippen molar-refractivity contribution in [3.63, 3.8) is 0 Å². The number of benzene rings is 1. The van der Waals surface area contributed by atoms with E-state index in [2.05, 4.69) is 14.9 Å². The molecule has 2 rings (SSSR count). The number of nitrogen functional groups attached to an aromatic ring is 1. The molecule has 0 spiro atoms. The van der Waals surface area contributed by atoms with E-state index < -0.39 is 0 Å². The summed E-state index contributed by atoms with van der Waals surface area (Å²) in [7, 11) is 0. The fourth-order valence-electron chi connectivity index (χ4n) is 1.23. The lowest BCUT2D eigenvalue weighted by Gasteiger charge is -2.01. The summed E-state index contributed by atoms with van der Waals surface area (Å²) in [5.74, 6) is 0.836. The predicted molar refractivity (Wildman–Crippen MR) is 58.6 cm³/mol. The van der Waals surface area contributed by atoms with Crippen molar-refractivity contribution in [3.8, 4) is 0 Å². The SMILES string of the molecule is Nc1ccc(SCCCO)c2nonc12. The standard InChI is InChI=1S/C9H11N3O2S/c10-6-2-3-7(15-5-1-4-13)9-8(6)11-14-12-9/h2-3,13H,1,4-5,10H2. The number of aliphatic hydroxyl groups is 1. The van der Waals surface area contributed by atoms with E-state index in [1.54, 1.807) is 17.8 Å². The summed E-state index contributed by atoms with van der Waals surface area (Å²) in [5.41, 5.74) is 7.57. The van der Waals surface area contributed by atoms with Crippen molar-refractivity contribution in [2.45, 2.75) is 11.3 Å². The molecule has 0 saturated heterocycles. The molecule has 3 N–H and O–H groups in total. The number of aliphatic hydroxyl groups excluding tert-OH is 1. The van der Waals surface area contributed by atoms with Crippen LogP contribution in [-0.4, -0.2) is 27.8 Å². The molecule has 5 nitrogen and oxygen atoms in total. The molecule has 0 amide bonds. The van der Waals surface area contributed by atoms with Crippen LogP contribution in [0.3, 0.4) is 0 Å². The Balaban J connectivity index is 2.27. The van der Waals surface area contributed by atoms with Crippen LogP contribution in [-0.2, 0) is 0 Å². The maximum atomic E-state index is 8.68. The van der Waals surface area contributed by atoms with Gasteiger partial charge in [-0.1, -0.05) is 0 Å². The minimum atomic E-state index is 0.197. The van der Waals surface area contributed by atoms with Crippen LogP contribution in [0.2, 0.25) is 0 Å². The Labute approximate surface area is 90.6 Å². The van der Waals surface area contributed by atoms with Crippen LogP contribution in [0, 0.1) is 0 Å². The summed E-state index contributed by atoms with van der Waals surface area (Å²) in [6, 6.07) is 3.68. The Morgan fingerprint density at radius 1 is 1.33 bits per heavy atom. The third-order valence-electron chi connectivity index (χ3n) is 1.97. The van der Waals surface area contributed by atoms with Gasteiger partial charge in [-0.05, 0) is 28.9 Å². The highest BCUT2D eigenvalue weighted by Gasteiger charge is 2.09. The fraction of sp³-hybridized carbons (Fsp3) is 0.333. The second-order valence-corrected chi connectivity index (χ2v) is 4.18. The molecule has 15 heavy (non-hydrogen) atoms. The number of hydrogen-bond acceptors (Lipinski definition) is 6. The van der Waals surface area contributed by atoms with Gasteiger partial charge < -0.3 is 10.8 Å². The molecule has 0 atom stereocenters. The van der Waals surface area contributed by atoms with Gasteiger partial charge >= 0.3 is 0 Å². The highest BCUT2D eigenvalue weighted by Crippen LogP contribution is 2.29. The van der Waals surface area contributed by atoms with Gasteiger partial charge in [0.1, 0.15) is 0 Å².